The fraction of sp³-hybridized carbons (Fsp3) is 0.667. The van der Waals surface area contributed by atoms with Crippen molar-refractivity contribution < 1.29 is 9.72 Å². The summed E-state index contributed by atoms with van der Waals surface area (Å²) in [6.45, 7) is 2.57. The van der Waals surface area contributed by atoms with Crippen molar-refractivity contribution in [3.05, 3.63) is 34.4 Å². The predicted octanol–water partition coefficient (Wildman–Crippen LogP) is 4.12. The first-order valence-corrected chi connectivity index (χ1v) is 10.2. The number of nitro benzene ring substituents is 1. The lowest BCUT2D eigenvalue weighted by Crippen LogP contribution is -2.55. The number of hydrogen-bond acceptors (Lipinski definition) is 4. The molecular formula is C21H29N3O3. The number of carbonyl (C=O) groups is 1. The maximum atomic E-state index is 12.5. The molecule has 2 N–H and O–H groups in total. The van der Waals surface area contributed by atoms with Crippen molar-refractivity contribution in [1.29, 1.82) is 0 Å². The van der Waals surface area contributed by atoms with Gasteiger partial charge in [0.1, 0.15) is 5.69 Å². The first-order valence-electron chi connectivity index (χ1n) is 10.2. The number of nitro groups is 1. The van der Waals surface area contributed by atoms with Crippen molar-refractivity contribution in [2.24, 2.45) is 23.2 Å². The van der Waals surface area contributed by atoms with Gasteiger partial charge in [0.15, 0.2) is 0 Å². The highest BCUT2D eigenvalue weighted by Gasteiger charge is 2.53. The van der Waals surface area contributed by atoms with Crippen LogP contribution in [0.5, 0.6) is 0 Å². The predicted molar refractivity (Wildman–Crippen MR) is 104 cm³/mol. The van der Waals surface area contributed by atoms with Gasteiger partial charge in [-0.1, -0.05) is 12.1 Å². The van der Waals surface area contributed by atoms with E-state index >= 15 is 0 Å². The number of rotatable bonds is 7. The number of nitrogens with one attached hydrogen (secondary N) is 2. The van der Waals surface area contributed by atoms with E-state index in [1.54, 1.807) is 18.2 Å². The lowest BCUT2D eigenvalue weighted by molar-refractivity contribution is -0.384. The highest BCUT2D eigenvalue weighted by molar-refractivity contribution is 5.77. The third-order valence-corrected chi connectivity index (χ3v) is 7.15. The molecule has 0 saturated heterocycles. The molecule has 4 bridgehead atoms. The fourth-order valence-electron chi connectivity index (χ4n) is 6.27. The van der Waals surface area contributed by atoms with E-state index in [2.05, 4.69) is 17.6 Å². The molecule has 4 aliphatic rings. The van der Waals surface area contributed by atoms with Crippen molar-refractivity contribution >= 4 is 17.3 Å². The normalized spacial score (nSPS) is 32.1. The van der Waals surface area contributed by atoms with Gasteiger partial charge >= 0.3 is 0 Å². The van der Waals surface area contributed by atoms with Crippen LogP contribution in [0.15, 0.2) is 24.3 Å². The van der Waals surface area contributed by atoms with Gasteiger partial charge in [-0.15, -0.1) is 0 Å². The molecule has 6 heteroatoms. The Morgan fingerprint density at radius 2 is 1.78 bits per heavy atom. The van der Waals surface area contributed by atoms with Crippen LogP contribution in [0.1, 0.15) is 51.9 Å². The maximum Gasteiger partial charge on any atom is 0.292 e. The Morgan fingerprint density at radius 1 is 1.19 bits per heavy atom. The number of para-hydroxylation sites is 2. The Balaban J connectivity index is 1.29. The molecule has 1 atom stereocenters. The summed E-state index contributed by atoms with van der Waals surface area (Å²) >= 11 is 0. The summed E-state index contributed by atoms with van der Waals surface area (Å²) in [5, 5.41) is 17.3. The average molecular weight is 371 g/mol. The molecule has 0 aliphatic heterocycles. The van der Waals surface area contributed by atoms with Crippen LogP contribution in [-0.4, -0.2) is 23.4 Å². The van der Waals surface area contributed by atoms with Gasteiger partial charge < -0.3 is 10.6 Å². The Labute approximate surface area is 160 Å². The van der Waals surface area contributed by atoms with E-state index in [0.29, 0.717) is 24.1 Å². The lowest BCUT2D eigenvalue weighted by atomic mass is 9.48. The Morgan fingerprint density at radius 3 is 2.37 bits per heavy atom. The van der Waals surface area contributed by atoms with E-state index in [0.717, 1.165) is 17.8 Å². The Bertz CT molecular complexity index is 698. The number of anilines is 1. The van der Waals surface area contributed by atoms with Crippen LogP contribution >= 0.6 is 0 Å². The van der Waals surface area contributed by atoms with E-state index < -0.39 is 4.92 Å². The van der Waals surface area contributed by atoms with Crippen LogP contribution in [0.4, 0.5) is 11.4 Å². The van der Waals surface area contributed by atoms with Crippen LogP contribution in [0.25, 0.3) is 0 Å². The van der Waals surface area contributed by atoms with Gasteiger partial charge in [0.05, 0.1) is 4.92 Å². The summed E-state index contributed by atoms with van der Waals surface area (Å²) in [5.74, 6) is 2.65. The van der Waals surface area contributed by atoms with Crippen molar-refractivity contribution in [1.82, 2.24) is 5.32 Å². The molecule has 27 heavy (non-hydrogen) atoms. The number of carbonyl (C=O) groups excluding carboxylic acids is 1. The highest BCUT2D eigenvalue weighted by Crippen LogP contribution is 2.61. The van der Waals surface area contributed by atoms with Gasteiger partial charge in [-0.05, 0) is 74.7 Å². The largest absolute Gasteiger partial charge is 0.379 e. The molecule has 1 aromatic carbocycles. The van der Waals surface area contributed by atoms with Crippen LogP contribution in [-0.2, 0) is 4.79 Å². The topological polar surface area (TPSA) is 84.3 Å². The van der Waals surface area contributed by atoms with Crippen LogP contribution in [0.2, 0.25) is 0 Å². The van der Waals surface area contributed by atoms with Gasteiger partial charge in [-0.25, -0.2) is 0 Å². The zero-order valence-corrected chi connectivity index (χ0v) is 15.9. The van der Waals surface area contributed by atoms with Crippen molar-refractivity contribution in [2.75, 3.05) is 11.9 Å². The maximum absolute atomic E-state index is 12.5. The van der Waals surface area contributed by atoms with E-state index in [4.69, 9.17) is 0 Å². The molecule has 146 valence electrons. The molecular weight excluding hydrogens is 342 g/mol. The van der Waals surface area contributed by atoms with E-state index in [9.17, 15) is 14.9 Å². The monoisotopic (exact) mass is 371 g/mol. The minimum absolute atomic E-state index is 0.0318. The number of hydrogen-bond donors (Lipinski definition) is 2. The molecule has 1 amide bonds. The molecule has 4 aliphatic carbocycles. The summed E-state index contributed by atoms with van der Waals surface area (Å²) in [6, 6.07) is 6.75. The molecule has 0 heterocycles. The lowest BCUT2D eigenvalue weighted by Gasteiger charge is -2.59. The Hall–Kier alpha value is -2.11. The third-order valence-electron chi connectivity index (χ3n) is 7.15. The smallest absolute Gasteiger partial charge is 0.292 e. The molecule has 4 saturated carbocycles. The molecule has 0 spiro atoms. The van der Waals surface area contributed by atoms with E-state index in [1.807, 2.05) is 0 Å². The van der Waals surface area contributed by atoms with Crippen LogP contribution < -0.4 is 10.6 Å². The zero-order valence-electron chi connectivity index (χ0n) is 15.9. The van der Waals surface area contributed by atoms with Crippen LogP contribution in [0, 0.1) is 33.3 Å². The quantitative estimate of drug-likeness (QED) is 0.558. The molecule has 1 aromatic rings. The molecule has 4 fully saturated rings. The fourth-order valence-corrected chi connectivity index (χ4v) is 6.27. The summed E-state index contributed by atoms with van der Waals surface area (Å²) < 4.78 is 0. The number of nitrogens with zero attached hydrogens (tertiary/aromatic N) is 1. The molecule has 1 unspecified atom stereocenters. The first-order chi connectivity index (χ1) is 12.9. The van der Waals surface area contributed by atoms with Gasteiger partial charge in [0.2, 0.25) is 5.91 Å². The van der Waals surface area contributed by atoms with E-state index in [-0.39, 0.29) is 17.6 Å². The molecule has 0 aromatic heterocycles. The molecule has 0 radical (unpaired) electrons. The minimum Gasteiger partial charge on any atom is -0.379 e. The summed E-state index contributed by atoms with van der Waals surface area (Å²) in [6.07, 6.45) is 8.35. The second-order valence-electron chi connectivity index (χ2n) is 9.02. The standard InChI is InChI=1S/C21H29N3O3/c1-14(21-11-15-8-16(12-21)10-17(9-15)13-21)23-20(25)6-7-22-18-4-2-3-5-19(18)24(26)27/h2-5,14-17,22H,6-13H2,1H3,(H,23,25). The Kier molecular flexibility index (Phi) is 4.82. The first kappa shape index (κ1) is 18.3. The SMILES string of the molecule is CC(NC(=O)CCNc1ccccc1[N+](=O)[O-])C12CC3CC(CC(C3)C1)C2. The van der Waals surface area contributed by atoms with Gasteiger partial charge in [-0.3, -0.25) is 14.9 Å². The third kappa shape index (κ3) is 3.66. The summed E-state index contributed by atoms with van der Waals surface area (Å²) in [4.78, 5) is 23.1. The second-order valence-corrected chi connectivity index (χ2v) is 9.02. The van der Waals surface area contributed by atoms with E-state index in [1.165, 1.54) is 44.6 Å². The van der Waals surface area contributed by atoms with Gasteiger partial charge in [-0.2, -0.15) is 0 Å². The number of amides is 1. The zero-order chi connectivity index (χ0) is 19.0. The highest BCUT2D eigenvalue weighted by atomic mass is 16.6. The minimum atomic E-state index is -0.405. The van der Waals surface area contributed by atoms with Crippen molar-refractivity contribution in [3.63, 3.8) is 0 Å². The van der Waals surface area contributed by atoms with Crippen LogP contribution in [0.3, 0.4) is 0 Å². The van der Waals surface area contributed by atoms with Crippen molar-refractivity contribution in [2.45, 2.75) is 57.9 Å². The average Bonchev–Trinajstić information content (AvgIpc) is 2.60. The summed E-state index contributed by atoms with van der Waals surface area (Å²) in [5.41, 5.74) is 0.806. The van der Waals surface area contributed by atoms with Crippen molar-refractivity contribution in [3.8, 4) is 0 Å². The molecule has 5 rings (SSSR count). The second kappa shape index (κ2) is 7.13. The van der Waals surface area contributed by atoms with Gasteiger partial charge in [0.25, 0.3) is 5.69 Å². The summed E-state index contributed by atoms with van der Waals surface area (Å²) in [7, 11) is 0. The van der Waals surface area contributed by atoms with Gasteiger partial charge in [0, 0.05) is 25.1 Å². The number of benzene rings is 1. The molecule has 6 nitrogen and oxygen atoms in total.